The Hall–Kier alpha value is -3.24. The van der Waals surface area contributed by atoms with Crippen LogP contribution in [-0.4, -0.2) is 25.0 Å². The van der Waals surface area contributed by atoms with Crippen LogP contribution in [0.5, 0.6) is 5.75 Å². The first-order valence-electron chi connectivity index (χ1n) is 10.5. The second-order valence-electron chi connectivity index (χ2n) is 7.79. The van der Waals surface area contributed by atoms with E-state index in [9.17, 15) is 18.8 Å². The number of rotatable bonds is 5. The lowest BCUT2D eigenvalue weighted by Gasteiger charge is -2.27. The number of methoxy groups -OCH3 is 1. The highest BCUT2D eigenvalue weighted by atomic mass is 127. The lowest BCUT2D eigenvalue weighted by molar-refractivity contribution is -0.122. The fraction of sp³-hybridized carbons (Fsp3) is 0.115. The van der Waals surface area contributed by atoms with Crippen LogP contribution in [0.25, 0.3) is 6.08 Å². The first kappa shape index (κ1) is 24.9. The summed E-state index contributed by atoms with van der Waals surface area (Å²) in [5, 5.41) is 2.59. The van der Waals surface area contributed by atoms with E-state index >= 15 is 0 Å². The number of urea groups is 1. The summed E-state index contributed by atoms with van der Waals surface area (Å²) in [5.41, 5.74) is 2.39. The van der Waals surface area contributed by atoms with Gasteiger partial charge in [0.05, 0.1) is 12.8 Å². The molecule has 0 radical (unpaired) electrons. The zero-order chi connectivity index (χ0) is 25.3. The molecule has 1 fully saturated rings. The van der Waals surface area contributed by atoms with Gasteiger partial charge in [-0.3, -0.25) is 14.9 Å². The molecule has 9 heteroatoms. The predicted molar refractivity (Wildman–Crippen MR) is 140 cm³/mol. The molecule has 1 heterocycles. The first-order chi connectivity index (χ1) is 16.7. The van der Waals surface area contributed by atoms with Gasteiger partial charge < -0.3 is 4.74 Å². The fourth-order valence-electron chi connectivity index (χ4n) is 3.78. The zero-order valence-corrected chi connectivity index (χ0v) is 21.6. The van der Waals surface area contributed by atoms with E-state index in [1.165, 1.54) is 19.3 Å². The van der Waals surface area contributed by atoms with Crippen molar-refractivity contribution in [1.29, 1.82) is 0 Å². The molecule has 4 amide bonds. The summed E-state index contributed by atoms with van der Waals surface area (Å²) in [4.78, 5) is 39.3. The predicted octanol–water partition coefficient (Wildman–Crippen LogP) is 5.66. The average molecular weight is 605 g/mol. The van der Waals surface area contributed by atoms with Crippen LogP contribution in [0.1, 0.15) is 22.3 Å². The Labute approximate surface area is 219 Å². The lowest BCUT2D eigenvalue weighted by Crippen LogP contribution is -2.54. The quantitative estimate of drug-likeness (QED) is 0.232. The van der Waals surface area contributed by atoms with Crippen LogP contribution in [0.3, 0.4) is 0 Å². The summed E-state index contributed by atoms with van der Waals surface area (Å²) in [6.45, 7) is 1.68. The molecule has 1 aliphatic rings. The van der Waals surface area contributed by atoms with E-state index < -0.39 is 17.8 Å². The summed E-state index contributed by atoms with van der Waals surface area (Å²) < 4.78 is 20.5. The van der Waals surface area contributed by atoms with E-state index in [-0.39, 0.29) is 17.1 Å². The van der Waals surface area contributed by atoms with Crippen molar-refractivity contribution in [2.24, 2.45) is 0 Å². The van der Waals surface area contributed by atoms with Gasteiger partial charge in [-0.05, 0) is 82.6 Å². The molecule has 1 N–H and O–H groups in total. The molecule has 6 nitrogen and oxygen atoms in total. The van der Waals surface area contributed by atoms with Gasteiger partial charge in [0.25, 0.3) is 11.8 Å². The molecule has 0 spiro atoms. The Morgan fingerprint density at radius 3 is 2.57 bits per heavy atom. The van der Waals surface area contributed by atoms with E-state index in [0.717, 1.165) is 14.0 Å². The largest absolute Gasteiger partial charge is 0.496 e. The molecule has 0 atom stereocenters. The molecular formula is C26H19ClFIN2O4. The Kier molecular flexibility index (Phi) is 7.23. The monoisotopic (exact) mass is 604 g/mol. The Morgan fingerprint density at radius 1 is 1.11 bits per heavy atom. The van der Waals surface area contributed by atoms with E-state index in [4.69, 9.17) is 16.3 Å². The number of anilines is 1. The van der Waals surface area contributed by atoms with Gasteiger partial charge in [-0.15, -0.1) is 0 Å². The van der Waals surface area contributed by atoms with Crippen LogP contribution in [0.15, 0.2) is 60.2 Å². The van der Waals surface area contributed by atoms with Crippen molar-refractivity contribution in [3.8, 4) is 5.75 Å². The number of carbonyl (C=O) groups excluding carboxylic acids is 3. The number of hydrogen-bond donors (Lipinski definition) is 1. The van der Waals surface area contributed by atoms with Gasteiger partial charge in [-0.25, -0.2) is 14.1 Å². The maximum absolute atomic E-state index is 14.2. The van der Waals surface area contributed by atoms with Gasteiger partial charge >= 0.3 is 6.03 Å². The summed E-state index contributed by atoms with van der Waals surface area (Å²) in [7, 11) is 1.49. The highest BCUT2D eigenvalue weighted by Gasteiger charge is 2.37. The lowest BCUT2D eigenvalue weighted by atomic mass is 10.00. The van der Waals surface area contributed by atoms with Crippen LogP contribution < -0.4 is 15.0 Å². The zero-order valence-electron chi connectivity index (χ0n) is 18.7. The van der Waals surface area contributed by atoms with Gasteiger partial charge in [0, 0.05) is 20.6 Å². The molecule has 0 saturated carbocycles. The Balaban J connectivity index is 1.73. The number of ether oxygens (including phenoxy) is 1. The van der Waals surface area contributed by atoms with E-state index in [1.54, 1.807) is 55.5 Å². The first-order valence-corrected chi connectivity index (χ1v) is 11.9. The van der Waals surface area contributed by atoms with E-state index in [0.29, 0.717) is 33.9 Å². The highest BCUT2D eigenvalue weighted by Crippen LogP contribution is 2.32. The van der Waals surface area contributed by atoms with E-state index in [1.807, 2.05) is 0 Å². The number of barbiturate groups is 1. The highest BCUT2D eigenvalue weighted by molar-refractivity contribution is 14.1. The van der Waals surface area contributed by atoms with Crippen molar-refractivity contribution in [2.45, 2.75) is 13.3 Å². The maximum Gasteiger partial charge on any atom is 0.335 e. The molecule has 3 aromatic rings. The van der Waals surface area contributed by atoms with Crippen LogP contribution >= 0.6 is 34.2 Å². The average Bonchev–Trinajstić information content (AvgIpc) is 2.82. The van der Waals surface area contributed by atoms with Crippen molar-refractivity contribution < 1.29 is 23.5 Å². The summed E-state index contributed by atoms with van der Waals surface area (Å²) >= 11 is 8.27. The van der Waals surface area contributed by atoms with E-state index in [2.05, 4.69) is 27.9 Å². The van der Waals surface area contributed by atoms with Crippen LogP contribution in [0.4, 0.5) is 14.9 Å². The molecule has 0 aromatic heterocycles. The third kappa shape index (κ3) is 4.94. The second kappa shape index (κ2) is 10.2. The molecule has 35 heavy (non-hydrogen) atoms. The molecule has 4 rings (SSSR count). The number of nitrogens with one attached hydrogen (secondary N) is 1. The van der Waals surface area contributed by atoms with Crippen molar-refractivity contribution in [3.63, 3.8) is 0 Å². The number of carbonyl (C=O) groups is 3. The minimum absolute atomic E-state index is 0.219. The van der Waals surface area contributed by atoms with Crippen molar-refractivity contribution in [1.82, 2.24) is 5.32 Å². The fourth-order valence-corrected chi connectivity index (χ4v) is 4.77. The number of halogens is 3. The van der Waals surface area contributed by atoms with Crippen LogP contribution in [0, 0.1) is 16.3 Å². The van der Waals surface area contributed by atoms with Gasteiger partial charge in [-0.2, -0.15) is 0 Å². The third-order valence-corrected chi connectivity index (χ3v) is 6.99. The third-order valence-electron chi connectivity index (χ3n) is 5.61. The molecular weight excluding hydrogens is 586 g/mol. The number of hydrogen-bond acceptors (Lipinski definition) is 4. The minimum Gasteiger partial charge on any atom is -0.496 e. The van der Waals surface area contributed by atoms with Crippen LogP contribution in [0.2, 0.25) is 5.02 Å². The summed E-state index contributed by atoms with van der Waals surface area (Å²) in [5.74, 6) is -1.41. The number of benzene rings is 3. The minimum atomic E-state index is -0.852. The number of amides is 4. The van der Waals surface area contributed by atoms with Crippen LogP contribution in [-0.2, 0) is 16.0 Å². The Bertz CT molecular complexity index is 1410. The molecule has 1 aliphatic heterocycles. The molecule has 1 saturated heterocycles. The number of nitrogens with zero attached hydrogens (tertiary/aromatic N) is 1. The topological polar surface area (TPSA) is 75.7 Å². The molecule has 0 aliphatic carbocycles. The van der Waals surface area contributed by atoms with Gasteiger partial charge in [0.15, 0.2) is 0 Å². The van der Waals surface area contributed by atoms with Crippen molar-refractivity contribution in [3.05, 3.63) is 96.8 Å². The van der Waals surface area contributed by atoms with Crippen molar-refractivity contribution >= 4 is 63.8 Å². The number of imide groups is 2. The van der Waals surface area contributed by atoms with Gasteiger partial charge in [0.2, 0.25) is 0 Å². The molecule has 178 valence electrons. The summed E-state index contributed by atoms with van der Waals surface area (Å²) in [6, 6.07) is 13.9. The van der Waals surface area contributed by atoms with Crippen molar-refractivity contribution in [2.75, 3.05) is 12.0 Å². The maximum atomic E-state index is 14.2. The van der Waals surface area contributed by atoms with Gasteiger partial charge in [0.1, 0.15) is 17.1 Å². The van der Waals surface area contributed by atoms with Gasteiger partial charge in [-0.1, -0.05) is 35.9 Å². The standard InChI is InChI=1S/C26H19ClFIN2O4/c1-14-19(27)7-5-9-22(14)31-25(33)18(24(32)30-26(31)34)10-15-11-21(29)17(23(12-15)35-2)13-16-6-3-4-8-20(16)28/h3-12H,13H2,1-2H3,(H,30,32,34)/b18-10+. The normalized spacial score (nSPS) is 14.9. The SMILES string of the molecule is COc1cc(/C=C2\C(=O)NC(=O)N(c3cccc(Cl)c3C)C2=O)cc(I)c1Cc1ccccc1F. The second-order valence-corrected chi connectivity index (χ2v) is 9.36. The summed E-state index contributed by atoms with van der Waals surface area (Å²) in [6.07, 6.45) is 1.70. The molecule has 0 unspecified atom stereocenters. The Morgan fingerprint density at radius 2 is 1.86 bits per heavy atom. The molecule has 3 aromatic carbocycles. The smallest absolute Gasteiger partial charge is 0.335 e. The molecule has 0 bridgehead atoms.